The molecule has 0 aromatic carbocycles. The molecular formula is C6H8BrF3N2. The number of H-pyrrole nitrogens is 1. The van der Waals surface area contributed by atoms with Crippen LogP contribution in [0.2, 0.25) is 0 Å². The van der Waals surface area contributed by atoms with Crippen molar-refractivity contribution in [1.29, 1.82) is 0 Å². The van der Waals surface area contributed by atoms with Crippen LogP contribution in [0.4, 0.5) is 13.2 Å². The van der Waals surface area contributed by atoms with E-state index in [4.69, 9.17) is 0 Å². The summed E-state index contributed by atoms with van der Waals surface area (Å²) in [4.78, 5) is 0. The van der Waals surface area contributed by atoms with E-state index in [1.54, 1.807) is 0 Å². The zero-order valence-corrected chi connectivity index (χ0v) is 8.12. The maximum atomic E-state index is 11.8. The Morgan fingerprint density at radius 3 is 2.08 bits per heavy atom. The van der Waals surface area contributed by atoms with Crippen molar-refractivity contribution in [3.8, 4) is 0 Å². The lowest BCUT2D eigenvalue weighted by molar-refractivity contribution is -0.141. The molecule has 0 atom stereocenters. The molecule has 0 aliphatic carbocycles. The minimum atomic E-state index is -4.35. The fraction of sp³-hybridized carbons (Fsp3) is 0.500. The second-order valence-electron chi connectivity index (χ2n) is 1.59. The van der Waals surface area contributed by atoms with Crippen molar-refractivity contribution in [2.24, 2.45) is 0 Å². The summed E-state index contributed by atoms with van der Waals surface area (Å²) < 4.78 is 35.3. The first-order chi connectivity index (χ1) is 5.52. The number of halogens is 4. The van der Waals surface area contributed by atoms with Crippen LogP contribution in [0.5, 0.6) is 0 Å². The van der Waals surface area contributed by atoms with Crippen molar-refractivity contribution >= 4 is 15.9 Å². The van der Waals surface area contributed by atoms with Crippen LogP contribution in [0, 0.1) is 0 Å². The standard InChI is InChI=1S/C4H2BrF3N2.C2H6/c5-2-1-9-10-3(2)4(6,7)8;1-2/h1H,(H,9,10);1-2H3. The van der Waals surface area contributed by atoms with E-state index in [0.717, 1.165) is 6.20 Å². The third-order valence-electron chi connectivity index (χ3n) is 0.877. The average molecular weight is 245 g/mol. The van der Waals surface area contributed by atoms with E-state index < -0.39 is 11.9 Å². The first kappa shape index (κ1) is 11.5. The number of hydrogen-bond acceptors (Lipinski definition) is 1. The molecule has 6 heteroatoms. The van der Waals surface area contributed by atoms with Gasteiger partial charge in [0.15, 0.2) is 5.69 Å². The highest BCUT2D eigenvalue weighted by Crippen LogP contribution is 2.32. The molecule has 0 saturated carbocycles. The van der Waals surface area contributed by atoms with Crippen molar-refractivity contribution < 1.29 is 13.2 Å². The van der Waals surface area contributed by atoms with Crippen LogP contribution < -0.4 is 0 Å². The average Bonchev–Trinajstić information content (AvgIpc) is 2.38. The summed E-state index contributed by atoms with van der Waals surface area (Å²) in [6, 6.07) is 0. The third-order valence-corrected chi connectivity index (χ3v) is 1.48. The quantitative estimate of drug-likeness (QED) is 0.746. The Morgan fingerprint density at radius 2 is 1.92 bits per heavy atom. The molecule has 0 fully saturated rings. The number of rotatable bonds is 0. The summed E-state index contributed by atoms with van der Waals surface area (Å²) in [5.41, 5.74) is -0.854. The highest BCUT2D eigenvalue weighted by atomic mass is 79.9. The molecule has 0 spiro atoms. The highest BCUT2D eigenvalue weighted by Gasteiger charge is 2.34. The van der Waals surface area contributed by atoms with Crippen molar-refractivity contribution in [3.63, 3.8) is 0 Å². The van der Waals surface area contributed by atoms with Crippen molar-refractivity contribution in [2.75, 3.05) is 0 Å². The zero-order valence-electron chi connectivity index (χ0n) is 6.54. The van der Waals surface area contributed by atoms with Crippen LogP contribution in [0.25, 0.3) is 0 Å². The molecule has 0 radical (unpaired) electrons. The Kier molecular flexibility index (Phi) is 4.30. The van der Waals surface area contributed by atoms with Gasteiger partial charge in [-0.25, -0.2) is 0 Å². The number of aromatic amines is 1. The van der Waals surface area contributed by atoms with Gasteiger partial charge >= 0.3 is 6.18 Å². The van der Waals surface area contributed by atoms with Crippen LogP contribution in [-0.4, -0.2) is 10.2 Å². The second kappa shape index (κ2) is 4.49. The van der Waals surface area contributed by atoms with Crippen molar-refractivity contribution in [2.45, 2.75) is 20.0 Å². The maximum absolute atomic E-state index is 11.8. The predicted octanol–water partition coefficient (Wildman–Crippen LogP) is 3.22. The predicted molar refractivity (Wildman–Crippen MR) is 42.6 cm³/mol. The summed E-state index contributed by atoms with van der Waals surface area (Å²) >= 11 is 2.69. The van der Waals surface area contributed by atoms with E-state index in [9.17, 15) is 13.2 Å². The van der Waals surface area contributed by atoms with Crippen LogP contribution in [0.15, 0.2) is 10.7 Å². The van der Waals surface area contributed by atoms with Gasteiger partial charge in [0.25, 0.3) is 0 Å². The molecule has 1 rings (SSSR count). The summed E-state index contributed by atoms with van der Waals surface area (Å²) in [6.45, 7) is 4.00. The second-order valence-corrected chi connectivity index (χ2v) is 2.45. The molecular weight excluding hydrogens is 237 g/mol. The lowest BCUT2D eigenvalue weighted by Gasteiger charge is -2.01. The fourth-order valence-electron chi connectivity index (χ4n) is 0.470. The van der Waals surface area contributed by atoms with Gasteiger partial charge in [-0.05, 0) is 15.9 Å². The van der Waals surface area contributed by atoms with Crippen LogP contribution in [0.3, 0.4) is 0 Å². The van der Waals surface area contributed by atoms with E-state index in [1.165, 1.54) is 0 Å². The molecule has 1 aromatic rings. The smallest absolute Gasteiger partial charge is 0.273 e. The van der Waals surface area contributed by atoms with E-state index >= 15 is 0 Å². The number of alkyl halides is 3. The summed E-state index contributed by atoms with van der Waals surface area (Å²) in [7, 11) is 0. The van der Waals surface area contributed by atoms with Gasteiger partial charge in [-0.15, -0.1) is 0 Å². The Morgan fingerprint density at radius 1 is 1.42 bits per heavy atom. The molecule has 0 aliphatic rings. The van der Waals surface area contributed by atoms with Gasteiger partial charge in [-0.1, -0.05) is 13.8 Å². The van der Waals surface area contributed by atoms with Crippen LogP contribution in [0.1, 0.15) is 19.5 Å². The first-order valence-electron chi connectivity index (χ1n) is 3.28. The van der Waals surface area contributed by atoms with Crippen LogP contribution in [-0.2, 0) is 6.18 Å². The Labute approximate surface area is 76.3 Å². The number of nitrogens with one attached hydrogen (secondary N) is 1. The molecule has 1 heterocycles. The zero-order chi connectivity index (χ0) is 9.78. The lowest BCUT2D eigenvalue weighted by atomic mass is 10.4. The van der Waals surface area contributed by atoms with E-state index in [-0.39, 0.29) is 4.47 Å². The Balaban J connectivity index is 0.000000561. The van der Waals surface area contributed by atoms with Gasteiger partial charge in [0.1, 0.15) is 0 Å². The topological polar surface area (TPSA) is 28.7 Å². The van der Waals surface area contributed by atoms with E-state index in [1.807, 2.05) is 18.9 Å². The largest absolute Gasteiger partial charge is 0.433 e. The summed E-state index contributed by atoms with van der Waals surface area (Å²) in [5, 5.41) is 5.02. The van der Waals surface area contributed by atoms with Crippen molar-refractivity contribution in [1.82, 2.24) is 10.2 Å². The van der Waals surface area contributed by atoms with E-state index in [2.05, 4.69) is 21.0 Å². The maximum Gasteiger partial charge on any atom is 0.433 e. The molecule has 70 valence electrons. The van der Waals surface area contributed by atoms with E-state index in [0.29, 0.717) is 0 Å². The fourth-order valence-corrected chi connectivity index (χ4v) is 0.886. The molecule has 0 amide bonds. The number of aromatic nitrogens is 2. The van der Waals surface area contributed by atoms with Gasteiger partial charge in [-0.2, -0.15) is 18.3 Å². The van der Waals surface area contributed by atoms with Crippen LogP contribution >= 0.6 is 15.9 Å². The number of nitrogens with zero attached hydrogens (tertiary/aromatic N) is 1. The van der Waals surface area contributed by atoms with Gasteiger partial charge in [0.2, 0.25) is 0 Å². The third kappa shape index (κ3) is 2.84. The Bertz CT molecular complexity index is 231. The SMILES string of the molecule is CC.FC(F)(F)c1[nH]ncc1Br. The molecule has 0 bridgehead atoms. The molecule has 0 aliphatic heterocycles. The van der Waals surface area contributed by atoms with Gasteiger partial charge in [0.05, 0.1) is 10.7 Å². The molecule has 1 N–H and O–H groups in total. The van der Waals surface area contributed by atoms with Gasteiger partial charge in [0, 0.05) is 0 Å². The monoisotopic (exact) mass is 244 g/mol. The lowest BCUT2D eigenvalue weighted by Crippen LogP contribution is -2.05. The molecule has 2 nitrogen and oxygen atoms in total. The normalized spacial score (nSPS) is 10.5. The number of hydrogen-bond donors (Lipinski definition) is 1. The minimum Gasteiger partial charge on any atom is -0.273 e. The molecule has 1 aromatic heterocycles. The minimum absolute atomic E-state index is 0.0694. The highest BCUT2D eigenvalue weighted by molar-refractivity contribution is 9.10. The summed E-state index contributed by atoms with van der Waals surface area (Å²) in [6.07, 6.45) is -3.29. The molecule has 12 heavy (non-hydrogen) atoms. The summed E-state index contributed by atoms with van der Waals surface area (Å²) in [5.74, 6) is 0. The van der Waals surface area contributed by atoms with Crippen molar-refractivity contribution in [3.05, 3.63) is 16.4 Å². The first-order valence-corrected chi connectivity index (χ1v) is 4.07. The molecule has 0 saturated heterocycles. The molecule has 0 unspecified atom stereocenters. The van der Waals surface area contributed by atoms with Gasteiger partial charge < -0.3 is 0 Å². The Hall–Kier alpha value is -0.520. The van der Waals surface area contributed by atoms with Gasteiger partial charge in [-0.3, -0.25) is 5.10 Å².